The summed E-state index contributed by atoms with van der Waals surface area (Å²) in [4.78, 5) is 35.1. The summed E-state index contributed by atoms with van der Waals surface area (Å²) in [5.41, 5.74) is -0.706. The molecule has 1 amide bonds. The van der Waals surface area contributed by atoms with E-state index in [0.29, 0.717) is 11.1 Å². The van der Waals surface area contributed by atoms with Gasteiger partial charge in [-0.2, -0.15) is 0 Å². The van der Waals surface area contributed by atoms with Gasteiger partial charge in [0.25, 0.3) is 5.91 Å². The van der Waals surface area contributed by atoms with E-state index in [1.807, 2.05) is 24.3 Å². The summed E-state index contributed by atoms with van der Waals surface area (Å²) >= 11 is 0. The first-order chi connectivity index (χ1) is 15.9. The molecular weight excluding hydrogens is 432 g/mol. The van der Waals surface area contributed by atoms with Crippen LogP contribution in [0.5, 0.6) is 0 Å². The summed E-state index contributed by atoms with van der Waals surface area (Å²) in [6, 6.07) is 12.2. The van der Waals surface area contributed by atoms with Gasteiger partial charge in [-0.05, 0) is 36.1 Å². The molecule has 3 aromatic rings. The number of carbonyl (C=O) groups excluding carboxylic acids is 2. The molecule has 9 heteroatoms. The van der Waals surface area contributed by atoms with Crippen molar-refractivity contribution in [3.05, 3.63) is 77.6 Å². The topological polar surface area (TPSA) is 89.9 Å². The summed E-state index contributed by atoms with van der Waals surface area (Å²) in [6.07, 6.45) is 1.40. The number of oxime groups is 1. The number of nitrogens with zero attached hydrogens (tertiary/aromatic N) is 2. The maximum Gasteiger partial charge on any atom is 0.354 e. The monoisotopic (exact) mass is 453 g/mol. The molecule has 170 valence electrons. The number of pyridine rings is 1. The zero-order valence-corrected chi connectivity index (χ0v) is 17.8. The molecule has 0 fully saturated rings. The number of amides is 1. The van der Waals surface area contributed by atoms with Gasteiger partial charge in [-0.25, -0.2) is 13.6 Å². The van der Waals surface area contributed by atoms with Crippen molar-refractivity contribution >= 4 is 28.4 Å². The van der Waals surface area contributed by atoms with E-state index in [1.165, 1.54) is 0 Å². The van der Waals surface area contributed by atoms with Crippen molar-refractivity contribution in [2.24, 2.45) is 5.16 Å². The number of hydrogen-bond acceptors (Lipinski definition) is 6. The molecule has 0 radical (unpaired) electrons. The molecule has 1 atom stereocenters. The zero-order chi connectivity index (χ0) is 23.4. The predicted molar refractivity (Wildman–Crippen MR) is 117 cm³/mol. The van der Waals surface area contributed by atoms with E-state index in [9.17, 15) is 18.4 Å². The molecular formula is C24H21F2N3O4. The van der Waals surface area contributed by atoms with Crippen LogP contribution in [0, 0.1) is 11.6 Å². The number of benzene rings is 2. The fraction of sp³-hybridized carbons (Fsp3) is 0.250. The van der Waals surface area contributed by atoms with Gasteiger partial charge >= 0.3 is 5.97 Å². The highest BCUT2D eigenvalue weighted by molar-refractivity contribution is 6.06. The third kappa shape index (κ3) is 4.82. The third-order valence-corrected chi connectivity index (χ3v) is 5.24. The first-order valence-electron chi connectivity index (χ1n) is 10.4. The van der Waals surface area contributed by atoms with Crippen LogP contribution in [0.25, 0.3) is 10.8 Å². The molecule has 1 unspecified atom stereocenters. The van der Waals surface area contributed by atoms with Crippen LogP contribution in [0.3, 0.4) is 0 Å². The number of rotatable bonds is 7. The maximum atomic E-state index is 13.7. The van der Waals surface area contributed by atoms with Crippen molar-refractivity contribution < 1.29 is 27.9 Å². The molecule has 0 bridgehead atoms. The number of halogens is 2. The Hall–Kier alpha value is -3.88. The minimum absolute atomic E-state index is 0.00238. The van der Waals surface area contributed by atoms with Crippen LogP contribution in [0.4, 0.5) is 8.78 Å². The Bertz CT molecular complexity index is 1220. The van der Waals surface area contributed by atoms with E-state index in [1.54, 1.807) is 19.2 Å². The lowest BCUT2D eigenvalue weighted by Crippen LogP contribution is -2.43. The molecule has 0 saturated heterocycles. The number of esters is 1. The summed E-state index contributed by atoms with van der Waals surface area (Å²) in [7, 11) is 0. The molecule has 0 spiro atoms. The lowest BCUT2D eigenvalue weighted by molar-refractivity contribution is -0.169. The van der Waals surface area contributed by atoms with Crippen LogP contribution in [-0.2, 0) is 20.8 Å². The first-order valence-corrected chi connectivity index (χ1v) is 10.4. The standard InChI is InChI=1S/C24H21F2N3O4/c1-2-32-23(31)24(12-15-9-17(25)11-18(26)10-15)13-19(29-33-24)14-28-22(30)21-20-6-4-3-5-16(20)7-8-27-21/h3-11H,2,12-14H2,1H3,(H,28,30). The van der Waals surface area contributed by atoms with Gasteiger partial charge in [-0.15, -0.1) is 0 Å². The SMILES string of the molecule is CCOC(=O)C1(Cc2cc(F)cc(F)c2)CC(CNC(=O)c2nccc3ccccc23)=NO1. The van der Waals surface area contributed by atoms with Crippen molar-refractivity contribution in [3.8, 4) is 0 Å². The zero-order valence-electron chi connectivity index (χ0n) is 17.8. The first kappa shape index (κ1) is 22.3. The Kier molecular flexibility index (Phi) is 6.30. The summed E-state index contributed by atoms with van der Waals surface area (Å²) in [6.45, 7) is 1.74. The van der Waals surface area contributed by atoms with Gasteiger partial charge in [0.15, 0.2) is 0 Å². The molecule has 7 nitrogen and oxygen atoms in total. The average molecular weight is 453 g/mol. The molecule has 1 aliphatic rings. The molecule has 33 heavy (non-hydrogen) atoms. The van der Waals surface area contributed by atoms with Crippen LogP contribution < -0.4 is 5.32 Å². The summed E-state index contributed by atoms with van der Waals surface area (Å²) in [5.74, 6) is -2.64. The van der Waals surface area contributed by atoms with E-state index in [0.717, 1.165) is 23.6 Å². The summed E-state index contributed by atoms with van der Waals surface area (Å²) in [5, 5.41) is 8.28. The van der Waals surface area contributed by atoms with E-state index < -0.39 is 29.1 Å². The van der Waals surface area contributed by atoms with Gasteiger partial charge < -0.3 is 14.9 Å². The highest BCUT2D eigenvalue weighted by atomic mass is 19.1. The van der Waals surface area contributed by atoms with Gasteiger partial charge in [0.1, 0.15) is 17.3 Å². The van der Waals surface area contributed by atoms with Gasteiger partial charge in [0.05, 0.1) is 18.9 Å². The number of aromatic nitrogens is 1. The average Bonchev–Trinajstić information content (AvgIpc) is 3.20. The fourth-order valence-corrected chi connectivity index (χ4v) is 3.79. The Balaban J connectivity index is 1.48. The number of nitrogens with one attached hydrogen (secondary N) is 1. The van der Waals surface area contributed by atoms with Crippen molar-refractivity contribution in [2.45, 2.75) is 25.4 Å². The Morgan fingerprint density at radius 2 is 1.91 bits per heavy atom. The Morgan fingerprint density at radius 3 is 2.67 bits per heavy atom. The maximum absolute atomic E-state index is 13.7. The quantitative estimate of drug-likeness (QED) is 0.553. The number of carbonyl (C=O) groups is 2. The largest absolute Gasteiger partial charge is 0.463 e. The highest BCUT2D eigenvalue weighted by Gasteiger charge is 2.48. The lowest BCUT2D eigenvalue weighted by Gasteiger charge is -2.24. The minimum Gasteiger partial charge on any atom is -0.463 e. The third-order valence-electron chi connectivity index (χ3n) is 5.24. The Labute approximate surface area is 188 Å². The van der Waals surface area contributed by atoms with Crippen molar-refractivity contribution in [1.82, 2.24) is 10.3 Å². The van der Waals surface area contributed by atoms with E-state index in [2.05, 4.69) is 15.5 Å². The lowest BCUT2D eigenvalue weighted by atomic mass is 9.89. The van der Waals surface area contributed by atoms with E-state index in [4.69, 9.17) is 9.57 Å². The van der Waals surface area contributed by atoms with Gasteiger partial charge in [0, 0.05) is 30.5 Å². The smallest absolute Gasteiger partial charge is 0.354 e. The van der Waals surface area contributed by atoms with Crippen LogP contribution in [0.15, 0.2) is 59.9 Å². The second-order valence-corrected chi connectivity index (χ2v) is 7.66. The highest BCUT2D eigenvalue weighted by Crippen LogP contribution is 2.30. The Morgan fingerprint density at radius 1 is 1.15 bits per heavy atom. The van der Waals surface area contributed by atoms with E-state index in [-0.39, 0.29) is 37.3 Å². The van der Waals surface area contributed by atoms with Crippen LogP contribution in [0.2, 0.25) is 0 Å². The second-order valence-electron chi connectivity index (χ2n) is 7.66. The molecule has 1 aromatic heterocycles. The van der Waals surface area contributed by atoms with Crippen LogP contribution in [0.1, 0.15) is 29.4 Å². The molecule has 0 aliphatic carbocycles. The normalized spacial score (nSPS) is 17.4. The molecule has 2 aromatic carbocycles. The van der Waals surface area contributed by atoms with Crippen molar-refractivity contribution in [3.63, 3.8) is 0 Å². The fourth-order valence-electron chi connectivity index (χ4n) is 3.79. The van der Waals surface area contributed by atoms with Gasteiger partial charge in [-0.1, -0.05) is 29.4 Å². The molecule has 4 rings (SSSR count). The molecule has 1 N–H and O–H groups in total. The van der Waals surface area contributed by atoms with Crippen LogP contribution >= 0.6 is 0 Å². The number of hydrogen-bond donors (Lipinski definition) is 1. The van der Waals surface area contributed by atoms with Gasteiger partial charge in [-0.3, -0.25) is 9.78 Å². The number of fused-ring (bicyclic) bond motifs is 1. The predicted octanol–water partition coefficient (Wildman–Crippen LogP) is 3.56. The van der Waals surface area contributed by atoms with Crippen molar-refractivity contribution in [1.29, 1.82) is 0 Å². The number of ether oxygens (including phenoxy) is 1. The molecule has 2 heterocycles. The second kappa shape index (κ2) is 9.32. The minimum atomic E-state index is -1.58. The molecule has 1 aliphatic heterocycles. The van der Waals surface area contributed by atoms with Crippen LogP contribution in [-0.4, -0.2) is 41.3 Å². The van der Waals surface area contributed by atoms with Crippen molar-refractivity contribution in [2.75, 3.05) is 13.2 Å². The molecule has 0 saturated carbocycles. The van der Waals surface area contributed by atoms with E-state index >= 15 is 0 Å². The van der Waals surface area contributed by atoms with Gasteiger partial charge in [0.2, 0.25) is 5.60 Å². The summed E-state index contributed by atoms with van der Waals surface area (Å²) < 4.78 is 32.4.